The van der Waals surface area contributed by atoms with Crippen molar-refractivity contribution in [2.24, 2.45) is 5.41 Å². The number of hydrogen-bond donors (Lipinski definition) is 2. The lowest BCUT2D eigenvalue weighted by Gasteiger charge is -2.33. The fraction of sp³-hybridized carbons (Fsp3) is 0.400. The molecule has 2 heterocycles. The molecule has 1 aliphatic carbocycles. The number of rotatable bonds is 6. The average Bonchev–Trinajstić information content (AvgIpc) is 3.34. The maximum atomic E-state index is 13.6. The summed E-state index contributed by atoms with van der Waals surface area (Å²) in [6.45, 7) is 2.48. The summed E-state index contributed by atoms with van der Waals surface area (Å²) in [5.74, 6) is 0.558. The molecule has 8 nitrogen and oxygen atoms in total. The van der Waals surface area contributed by atoms with Gasteiger partial charge < -0.3 is 14.2 Å². The molecule has 1 aromatic heterocycles. The van der Waals surface area contributed by atoms with Crippen LogP contribution in [0, 0.1) is 5.41 Å². The monoisotopic (exact) mass is 448 g/mol. The minimum Gasteiger partial charge on any atom is -0.383 e. The minimum atomic E-state index is -0.516. The van der Waals surface area contributed by atoms with Crippen LogP contribution >= 0.6 is 0 Å². The number of nitrogens with zero attached hydrogens (tertiary/aromatic N) is 3. The van der Waals surface area contributed by atoms with Crippen molar-refractivity contribution >= 4 is 22.8 Å². The number of nitrogens with one attached hydrogen (secondary N) is 1. The molecule has 0 saturated carbocycles. The zero-order chi connectivity index (χ0) is 23.0. The Labute approximate surface area is 192 Å². The third-order valence-corrected chi connectivity index (χ3v) is 7.16. The first kappa shape index (κ1) is 21.6. The van der Waals surface area contributed by atoms with E-state index in [1.165, 1.54) is 0 Å². The van der Waals surface area contributed by atoms with Crippen molar-refractivity contribution in [2.45, 2.75) is 38.8 Å². The van der Waals surface area contributed by atoms with Crippen LogP contribution in [0.2, 0.25) is 0 Å². The average molecular weight is 449 g/mol. The van der Waals surface area contributed by atoms with E-state index < -0.39 is 11.3 Å². The summed E-state index contributed by atoms with van der Waals surface area (Å²) in [5.41, 5.74) is 5.90. The van der Waals surface area contributed by atoms with E-state index in [4.69, 9.17) is 14.9 Å². The van der Waals surface area contributed by atoms with E-state index in [9.17, 15) is 9.59 Å². The molecule has 2 aromatic carbocycles. The first-order valence-electron chi connectivity index (χ1n) is 11.3. The quantitative estimate of drug-likeness (QED) is 0.447. The number of fused-ring (bicyclic) bond motifs is 2. The third-order valence-electron chi connectivity index (χ3n) is 7.16. The van der Waals surface area contributed by atoms with Crippen molar-refractivity contribution in [3.8, 4) is 0 Å². The number of ether oxygens (including phenoxy) is 1. The van der Waals surface area contributed by atoms with Gasteiger partial charge >= 0.3 is 0 Å². The first-order valence-corrected chi connectivity index (χ1v) is 11.3. The molecule has 2 N–H and O–H groups in total. The van der Waals surface area contributed by atoms with Crippen LogP contribution in [0.1, 0.15) is 40.2 Å². The van der Waals surface area contributed by atoms with Gasteiger partial charge in [-0.1, -0.05) is 18.2 Å². The molecule has 1 fully saturated rings. The topological polar surface area (TPSA) is 96.7 Å². The maximum absolute atomic E-state index is 13.6. The van der Waals surface area contributed by atoms with Crippen molar-refractivity contribution in [1.82, 2.24) is 19.9 Å². The molecule has 8 heteroatoms. The number of carbonyl (C=O) groups excluding carboxylic acids is 2. The second-order valence-corrected chi connectivity index (χ2v) is 9.02. The minimum absolute atomic E-state index is 0.190. The van der Waals surface area contributed by atoms with Crippen LogP contribution in [0.25, 0.3) is 11.0 Å². The number of hydrogen-bond acceptors (Lipinski definition) is 5. The number of para-hydroxylation sites is 2. The van der Waals surface area contributed by atoms with E-state index in [0.29, 0.717) is 38.2 Å². The molecule has 2 aliphatic rings. The van der Waals surface area contributed by atoms with Gasteiger partial charge in [-0.05, 0) is 61.1 Å². The van der Waals surface area contributed by atoms with Gasteiger partial charge in [0, 0.05) is 25.8 Å². The van der Waals surface area contributed by atoms with Gasteiger partial charge in [0.1, 0.15) is 5.82 Å². The van der Waals surface area contributed by atoms with E-state index in [0.717, 1.165) is 47.2 Å². The Morgan fingerprint density at radius 2 is 2.06 bits per heavy atom. The van der Waals surface area contributed by atoms with Gasteiger partial charge in [-0.2, -0.15) is 0 Å². The lowest BCUT2D eigenvalue weighted by atomic mass is 9.70. The van der Waals surface area contributed by atoms with E-state index in [1.54, 1.807) is 18.7 Å². The van der Waals surface area contributed by atoms with Crippen molar-refractivity contribution in [2.75, 3.05) is 20.3 Å². The lowest BCUT2D eigenvalue weighted by Crippen LogP contribution is -2.39. The number of methoxy groups -OCH3 is 1. The van der Waals surface area contributed by atoms with Crippen LogP contribution in [0.5, 0.6) is 0 Å². The van der Waals surface area contributed by atoms with Crippen molar-refractivity contribution in [1.29, 1.82) is 0 Å². The number of carbonyl (C=O) groups is 2. The first-order chi connectivity index (χ1) is 16.0. The molecule has 5 rings (SSSR count). The predicted octanol–water partition coefficient (Wildman–Crippen LogP) is 2.71. The highest BCUT2D eigenvalue weighted by Crippen LogP contribution is 2.44. The SMILES string of the molecule is COCCn1c(CN2CC[C@@]3(CCc4cc(C(=O)NO)ccc4C3)C2=O)nc2ccccc21. The van der Waals surface area contributed by atoms with E-state index in [-0.39, 0.29) is 5.91 Å². The number of benzene rings is 2. The zero-order valence-corrected chi connectivity index (χ0v) is 18.7. The fourth-order valence-electron chi connectivity index (χ4n) is 5.35. The number of amides is 2. The standard InChI is InChI=1S/C25H28N4O4/c1-33-13-12-29-21-5-3-2-4-20(21)26-22(29)16-28-11-10-25(24(28)31)9-8-17-14-18(23(30)27-32)6-7-19(17)15-25/h2-7,14,32H,8-13,15-16H2,1H3,(H,27,30)/t25-/m1/s1. The van der Waals surface area contributed by atoms with Gasteiger partial charge in [-0.3, -0.25) is 14.8 Å². The molecule has 0 radical (unpaired) electrons. The molecule has 172 valence electrons. The maximum Gasteiger partial charge on any atom is 0.274 e. The van der Waals surface area contributed by atoms with Crippen LogP contribution in [-0.2, 0) is 35.5 Å². The Hall–Kier alpha value is -3.23. The van der Waals surface area contributed by atoms with E-state index in [2.05, 4.69) is 10.6 Å². The molecule has 0 unspecified atom stereocenters. The van der Waals surface area contributed by atoms with E-state index >= 15 is 0 Å². The van der Waals surface area contributed by atoms with Gasteiger partial charge in [0.25, 0.3) is 5.91 Å². The Bertz CT molecular complexity index is 1220. The Morgan fingerprint density at radius 1 is 1.21 bits per heavy atom. The summed E-state index contributed by atoms with van der Waals surface area (Å²) in [5, 5.41) is 8.89. The molecule has 1 atom stereocenters. The van der Waals surface area contributed by atoms with Crippen LogP contribution in [-0.4, -0.2) is 51.7 Å². The summed E-state index contributed by atoms with van der Waals surface area (Å²) in [6, 6.07) is 13.5. The number of aryl methyl sites for hydroxylation is 1. The number of hydroxylamine groups is 1. The second kappa shape index (κ2) is 8.61. The van der Waals surface area contributed by atoms with Gasteiger partial charge in [0.2, 0.25) is 5.91 Å². The zero-order valence-electron chi connectivity index (χ0n) is 18.7. The molecular formula is C25H28N4O4. The third kappa shape index (κ3) is 3.79. The highest BCUT2D eigenvalue weighted by molar-refractivity contribution is 5.93. The second-order valence-electron chi connectivity index (χ2n) is 9.02. The molecule has 2 amide bonds. The van der Waals surface area contributed by atoms with Crippen molar-refractivity contribution in [3.63, 3.8) is 0 Å². The Morgan fingerprint density at radius 3 is 2.88 bits per heavy atom. The summed E-state index contributed by atoms with van der Waals surface area (Å²) in [4.78, 5) is 32.1. The van der Waals surface area contributed by atoms with Gasteiger partial charge in [-0.25, -0.2) is 10.5 Å². The van der Waals surface area contributed by atoms with Gasteiger partial charge in [0.05, 0.1) is 29.6 Å². The van der Waals surface area contributed by atoms with Crippen LogP contribution in [0.3, 0.4) is 0 Å². The van der Waals surface area contributed by atoms with Crippen LogP contribution in [0.15, 0.2) is 42.5 Å². The fourth-order valence-corrected chi connectivity index (χ4v) is 5.35. The Balaban J connectivity index is 1.37. The van der Waals surface area contributed by atoms with Crippen molar-refractivity contribution < 1.29 is 19.5 Å². The number of likely N-dealkylation sites (tertiary alicyclic amines) is 1. The van der Waals surface area contributed by atoms with Crippen LogP contribution in [0.4, 0.5) is 0 Å². The van der Waals surface area contributed by atoms with Crippen molar-refractivity contribution in [3.05, 3.63) is 65.0 Å². The van der Waals surface area contributed by atoms with Gasteiger partial charge in [-0.15, -0.1) is 0 Å². The number of imidazole rings is 1. The largest absolute Gasteiger partial charge is 0.383 e. The lowest BCUT2D eigenvalue weighted by molar-refractivity contribution is -0.137. The molecule has 1 saturated heterocycles. The highest BCUT2D eigenvalue weighted by atomic mass is 16.5. The molecule has 3 aromatic rings. The van der Waals surface area contributed by atoms with Gasteiger partial charge in [0.15, 0.2) is 0 Å². The summed E-state index contributed by atoms with van der Waals surface area (Å²) < 4.78 is 7.45. The predicted molar refractivity (Wildman–Crippen MR) is 122 cm³/mol. The summed E-state index contributed by atoms with van der Waals surface area (Å²) >= 11 is 0. The molecular weight excluding hydrogens is 420 g/mol. The number of aromatic nitrogens is 2. The molecule has 1 spiro atoms. The normalized spacial score (nSPS) is 19.9. The molecule has 0 bridgehead atoms. The molecule has 33 heavy (non-hydrogen) atoms. The van der Waals surface area contributed by atoms with Crippen LogP contribution < -0.4 is 5.48 Å². The Kier molecular flexibility index (Phi) is 5.64. The smallest absolute Gasteiger partial charge is 0.274 e. The molecule has 1 aliphatic heterocycles. The summed E-state index contributed by atoms with van der Waals surface area (Å²) in [7, 11) is 1.69. The van der Waals surface area contributed by atoms with E-state index in [1.807, 2.05) is 35.2 Å². The summed E-state index contributed by atoms with van der Waals surface area (Å²) in [6.07, 6.45) is 3.01. The highest BCUT2D eigenvalue weighted by Gasteiger charge is 2.48.